The number of sulfonamides is 1. The molecule has 1 aliphatic heterocycles. The van der Waals surface area contributed by atoms with Gasteiger partial charge in [0.25, 0.3) is 0 Å². The summed E-state index contributed by atoms with van der Waals surface area (Å²) in [6, 6.07) is 7.17. The predicted octanol–water partition coefficient (Wildman–Crippen LogP) is 0.936. The topological polar surface area (TPSA) is 93.6 Å². The summed E-state index contributed by atoms with van der Waals surface area (Å²) in [6.07, 6.45) is 0.668. The second kappa shape index (κ2) is 5.76. The van der Waals surface area contributed by atoms with Gasteiger partial charge in [-0.05, 0) is 30.7 Å². The molecule has 3 rings (SSSR count). The summed E-state index contributed by atoms with van der Waals surface area (Å²) >= 11 is 0. The monoisotopic (exact) mass is 330 g/mol. The van der Waals surface area contributed by atoms with Crippen molar-refractivity contribution in [2.75, 3.05) is 13.1 Å². The first kappa shape index (κ1) is 16.0. The minimum atomic E-state index is -3.54. The Hall–Kier alpha value is -1.41. The van der Waals surface area contributed by atoms with Crippen LogP contribution in [0.2, 0.25) is 0 Å². The van der Waals surface area contributed by atoms with E-state index in [1.165, 1.54) is 28.6 Å². The number of hydrogen-bond donors (Lipinski definition) is 1. The third-order valence-corrected chi connectivity index (χ3v) is 5.28. The van der Waals surface area contributed by atoms with Crippen molar-refractivity contribution in [1.82, 2.24) is 4.31 Å². The summed E-state index contributed by atoms with van der Waals surface area (Å²) in [6.45, 7) is 0.773. The van der Waals surface area contributed by atoms with Crippen LogP contribution in [-0.4, -0.2) is 31.9 Å². The lowest BCUT2D eigenvalue weighted by Gasteiger charge is -2.16. The fourth-order valence-corrected chi connectivity index (χ4v) is 3.88. The van der Waals surface area contributed by atoms with Crippen LogP contribution in [0.15, 0.2) is 44.4 Å². The first-order chi connectivity index (χ1) is 9.46. The smallest absolute Gasteiger partial charge is 0.336 e. The van der Waals surface area contributed by atoms with Crippen molar-refractivity contribution in [3.63, 3.8) is 0 Å². The van der Waals surface area contributed by atoms with Gasteiger partial charge in [-0.15, -0.1) is 12.4 Å². The standard InChI is InChI=1S/C13H14N2O4S.ClH/c14-10-5-6-15(8-10)20(17,18)11-2-3-12-9(7-11)1-4-13(16)19-12;/h1-4,7,10H,5-6,8,14H2;1H/t10-;/m1./s1. The van der Waals surface area contributed by atoms with Crippen molar-refractivity contribution in [2.24, 2.45) is 5.73 Å². The average Bonchev–Trinajstić information content (AvgIpc) is 2.85. The Kier molecular flexibility index (Phi) is 4.38. The molecule has 1 saturated heterocycles. The molecule has 0 radical (unpaired) electrons. The summed E-state index contributed by atoms with van der Waals surface area (Å²) in [5.41, 5.74) is 5.66. The van der Waals surface area contributed by atoms with Crippen LogP contribution in [0.1, 0.15) is 6.42 Å². The maximum atomic E-state index is 12.5. The van der Waals surface area contributed by atoms with E-state index in [9.17, 15) is 13.2 Å². The van der Waals surface area contributed by atoms with Gasteiger partial charge in [0.05, 0.1) is 4.90 Å². The van der Waals surface area contributed by atoms with Crippen molar-refractivity contribution in [1.29, 1.82) is 0 Å². The van der Waals surface area contributed by atoms with Crippen LogP contribution in [0.3, 0.4) is 0 Å². The van der Waals surface area contributed by atoms with E-state index in [0.29, 0.717) is 30.5 Å². The maximum absolute atomic E-state index is 12.5. The summed E-state index contributed by atoms with van der Waals surface area (Å²) in [4.78, 5) is 11.3. The number of halogens is 1. The van der Waals surface area contributed by atoms with Gasteiger partial charge in [0.1, 0.15) is 5.58 Å². The van der Waals surface area contributed by atoms with Crippen molar-refractivity contribution >= 4 is 33.4 Å². The molecule has 2 N–H and O–H groups in total. The molecule has 114 valence electrons. The molecule has 0 aliphatic carbocycles. The number of nitrogens with two attached hydrogens (primary N) is 1. The highest BCUT2D eigenvalue weighted by Crippen LogP contribution is 2.23. The number of benzene rings is 1. The Morgan fingerprint density at radius 1 is 1.24 bits per heavy atom. The van der Waals surface area contributed by atoms with Crippen LogP contribution in [-0.2, 0) is 10.0 Å². The van der Waals surface area contributed by atoms with E-state index in [1.54, 1.807) is 6.07 Å². The van der Waals surface area contributed by atoms with Crippen molar-refractivity contribution in [3.8, 4) is 0 Å². The average molecular weight is 331 g/mol. The van der Waals surface area contributed by atoms with E-state index in [2.05, 4.69) is 0 Å². The molecule has 2 heterocycles. The Labute approximate surface area is 128 Å². The molecular formula is C13H15ClN2O4S. The Morgan fingerprint density at radius 3 is 2.67 bits per heavy atom. The Bertz CT molecular complexity index is 818. The van der Waals surface area contributed by atoms with Crippen LogP contribution in [0.5, 0.6) is 0 Å². The lowest BCUT2D eigenvalue weighted by Crippen LogP contribution is -2.31. The third kappa shape index (κ3) is 2.96. The number of fused-ring (bicyclic) bond motifs is 1. The molecule has 1 atom stereocenters. The number of nitrogens with zero attached hydrogens (tertiary/aromatic N) is 1. The molecule has 1 aromatic carbocycles. The van der Waals surface area contributed by atoms with Gasteiger partial charge < -0.3 is 10.2 Å². The van der Waals surface area contributed by atoms with Gasteiger partial charge in [-0.25, -0.2) is 13.2 Å². The minimum Gasteiger partial charge on any atom is -0.423 e. The highest BCUT2D eigenvalue weighted by Gasteiger charge is 2.30. The SMILES string of the molecule is Cl.N[C@@H]1CCN(S(=O)(=O)c2ccc3oc(=O)ccc3c2)C1. The van der Waals surface area contributed by atoms with Crippen LogP contribution in [0.25, 0.3) is 11.0 Å². The summed E-state index contributed by atoms with van der Waals surface area (Å²) in [5.74, 6) is 0. The molecule has 1 aromatic heterocycles. The highest BCUT2D eigenvalue weighted by atomic mass is 35.5. The zero-order valence-corrected chi connectivity index (χ0v) is 12.7. The lowest BCUT2D eigenvalue weighted by molar-refractivity contribution is 0.472. The van der Waals surface area contributed by atoms with Gasteiger partial charge >= 0.3 is 5.63 Å². The van der Waals surface area contributed by atoms with Gasteiger partial charge in [-0.1, -0.05) is 0 Å². The molecule has 6 nitrogen and oxygen atoms in total. The highest BCUT2D eigenvalue weighted by molar-refractivity contribution is 7.89. The van der Waals surface area contributed by atoms with E-state index in [1.807, 2.05) is 0 Å². The number of rotatable bonds is 2. The van der Waals surface area contributed by atoms with Crippen molar-refractivity contribution < 1.29 is 12.8 Å². The minimum absolute atomic E-state index is 0. The van der Waals surface area contributed by atoms with Crippen LogP contribution in [0.4, 0.5) is 0 Å². The zero-order chi connectivity index (χ0) is 14.3. The van der Waals surface area contributed by atoms with E-state index in [0.717, 1.165) is 0 Å². The van der Waals surface area contributed by atoms with E-state index in [-0.39, 0.29) is 23.3 Å². The van der Waals surface area contributed by atoms with Gasteiger partial charge in [0.15, 0.2) is 0 Å². The second-order valence-corrected chi connectivity index (χ2v) is 6.80. The van der Waals surface area contributed by atoms with Gasteiger partial charge in [-0.2, -0.15) is 4.31 Å². The molecule has 2 aromatic rings. The Morgan fingerprint density at radius 2 is 2.00 bits per heavy atom. The molecule has 0 unspecified atom stereocenters. The molecule has 0 amide bonds. The first-order valence-corrected chi connectivity index (χ1v) is 7.70. The fraction of sp³-hybridized carbons (Fsp3) is 0.308. The molecule has 0 saturated carbocycles. The molecular weight excluding hydrogens is 316 g/mol. The summed E-state index contributed by atoms with van der Waals surface area (Å²) in [5, 5.41) is 0.578. The molecule has 1 aliphatic rings. The molecule has 8 heteroatoms. The van der Waals surface area contributed by atoms with Crippen LogP contribution < -0.4 is 11.4 Å². The van der Waals surface area contributed by atoms with Crippen LogP contribution >= 0.6 is 12.4 Å². The third-order valence-electron chi connectivity index (χ3n) is 3.42. The largest absolute Gasteiger partial charge is 0.423 e. The normalized spacial score (nSPS) is 19.6. The van der Waals surface area contributed by atoms with E-state index in [4.69, 9.17) is 10.2 Å². The van der Waals surface area contributed by atoms with Gasteiger partial charge in [-0.3, -0.25) is 0 Å². The predicted molar refractivity (Wildman–Crippen MR) is 81.1 cm³/mol. The quantitative estimate of drug-likeness (QED) is 0.827. The van der Waals surface area contributed by atoms with E-state index < -0.39 is 15.6 Å². The molecule has 1 fully saturated rings. The zero-order valence-electron chi connectivity index (χ0n) is 11.1. The van der Waals surface area contributed by atoms with E-state index >= 15 is 0 Å². The number of hydrogen-bond acceptors (Lipinski definition) is 5. The fourth-order valence-electron chi connectivity index (χ4n) is 2.33. The first-order valence-electron chi connectivity index (χ1n) is 6.26. The Balaban J connectivity index is 0.00000161. The summed E-state index contributed by atoms with van der Waals surface area (Å²) < 4.78 is 31.3. The van der Waals surface area contributed by atoms with Crippen LogP contribution in [0, 0.1) is 0 Å². The summed E-state index contributed by atoms with van der Waals surface area (Å²) in [7, 11) is -3.54. The molecule has 0 spiro atoms. The molecule has 21 heavy (non-hydrogen) atoms. The second-order valence-electron chi connectivity index (χ2n) is 4.87. The van der Waals surface area contributed by atoms with Crippen molar-refractivity contribution in [3.05, 3.63) is 40.8 Å². The van der Waals surface area contributed by atoms with Gasteiger partial charge in [0, 0.05) is 30.6 Å². The van der Waals surface area contributed by atoms with Gasteiger partial charge in [0.2, 0.25) is 10.0 Å². The maximum Gasteiger partial charge on any atom is 0.336 e. The van der Waals surface area contributed by atoms with Crippen molar-refractivity contribution in [2.45, 2.75) is 17.4 Å². The lowest BCUT2D eigenvalue weighted by atomic mass is 10.2. The molecule has 0 bridgehead atoms.